The summed E-state index contributed by atoms with van der Waals surface area (Å²) in [5, 5.41) is 6.03. The highest BCUT2D eigenvalue weighted by Gasteiger charge is 2.35. The maximum atomic E-state index is 12.2. The van der Waals surface area contributed by atoms with Gasteiger partial charge >= 0.3 is 0 Å². The number of thiophene rings is 1. The van der Waals surface area contributed by atoms with Gasteiger partial charge in [0.25, 0.3) is 0 Å². The Balaban J connectivity index is 1.51. The molecule has 1 aliphatic carbocycles. The van der Waals surface area contributed by atoms with Crippen LogP contribution in [0.3, 0.4) is 0 Å². The number of thioether (sulfide) groups is 1. The van der Waals surface area contributed by atoms with Gasteiger partial charge in [0.05, 0.1) is 5.75 Å². The summed E-state index contributed by atoms with van der Waals surface area (Å²) in [5.41, 5.74) is 0.0834. The smallest absolute Gasteiger partial charge is 0.230 e. The number of hydrogen-bond donors (Lipinski definition) is 1. The highest BCUT2D eigenvalue weighted by atomic mass is 32.2. The number of ether oxygens (including phenoxy) is 1. The lowest BCUT2D eigenvalue weighted by atomic mass is 9.78. The second-order valence-electron chi connectivity index (χ2n) is 6.36. The Hall–Kier alpha value is -0.520. The average Bonchev–Trinajstić information content (AvgIpc) is 3.25. The lowest BCUT2D eigenvalue weighted by molar-refractivity contribution is -0.119. The number of amides is 1. The van der Waals surface area contributed by atoms with Gasteiger partial charge in [-0.2, -0.15) is 0 Å². The molecule has 0 spiro atoms. The first-order valence-corrected chi connectivity index (χ1v) is 10.2. The molecule has 2 aliphatic rings. The van der Waals surface area contributed by atoms with E-state index in [4.69, 9.17) is 4.74 Å². The minimum Gasteiger partial charge on any atom is -0.381 e. The van der Waals surface area contributed by atoms with Gasteiger partial charge in [0.15, 0.2) is 0 Å². The minimum atomic E-state index is 0.0834. The van der Waals surface area contributed by atoms with Crippen molar-refractivity contribution in [3.05, 3.63) is 22.4 Å². The highest BCUT2D eigenvalue weighted by Crippen LogP contribution is 2.37. The SMILES string of the molecule is O=C(CSC1CCCC1)NCC1(c2cccs2)CCOCC1. The van der Waals surface area contributed by atoms with E-state index in [1.54, 1.807) is 11.3 Å². The van der Waals surface area contributed by atoms with E-state index in [0.717, 1.165) is 32.6 Å². The van der Waals surface area contributed by atoms with Gasteiger partial charge in [-0.1, -0.05) is 18.9 Å². The zero-order chi connectivity index (χ0) is 15.3. The van der Waals surface area contributed by atoms with E-state index in [1.165, 1.54) is 30.6 Å². The Morgan fingerprint density at radius 1 is 1.36 bits per heavy atom. The van der Waals surface area contributed by atoms with Crippen molar-refractivity contribution < 1.29 is 9.53 Å². The molecular weight excluding hydrogens is 314 g/mol. The molecule has 1 aromatic heterocycles. The maximum Gasteiger partial charge on any atom is 0.230 e. The second-order valence-corrected chi connectivity index (χ2v) is 8.60. The molecule has 122 valence electrons. The Bertz CT molecular complexity index is 463. The molecule has 0 aromatic carbocycles. The quantitative estimate of drug-likeness (QED) is 0.861. The van der Waals surface area contributed by atoms with Crippen molar-refractivity contribution in [3.63, 3.8) is 0 Å². The molecule has 2 fully saturated rings. The molecule has 3 nitrogen and oxygen atoms in total. The predicted octanol–water partition coefficient (Wildman–Crippen LogP) is 3.59. The van der Waals surface area contributed by atoms with Crippen molar-refractivity contribution in [1.82, 2.24) is 5.32 Å². The summed E-state index contributed by atoms with van der Waals surface area (Å²) in [6.45, 7) is 2.34. The average molecular weight is 340 g/mol. The number of nitrogens with one attached hydrogen (secondary N) is 1. The summed E-state index contributed by atoms with van der Waals surface area (Å²) in [6.07, 6.45) is 7.25. The van der Waals surface area contributed by atoms with E-state index in [0.29, 0.717) is 11.0 Å². The fraction of sp³-hybridized carbons (Fsp3) is 0.706. The van der Waals surface area contributed by atoms with Crippen molar-refractivity contribution in [2.24, 2.45) is 0 Å². The number of rotatable bonds is 6. The van der Waals surface area contributed by atoms with Crippen LogP contribution in [0.25, 0.3) is 0 Å². The van der Waals surface area contributed by atoms with Crippen molar-refractivity contribution >= 4 is 29.0 Å². The van der Waals surface area contributed by atoms with E-state index < -0.39 is 0 Å². The van der Waals surface area contributed by atoms with E-state index in [9.17, 15) is 4.79 Å². The van der Waals surface area contributed by atoms with Crippen LogP contribution in [0.2, 0.25) is 0 Å². The molecule has 5 heteroatoms. The van der Waals surface area contributed by atoms with Crippen LogP contribution in [0.1, 0.15) is 43.4 Å². The van der Waals surface area contributed by atoms with Gasteiger partial charge in [0, 0.05) is 35.3 Å². The van der Waals surface area contributed by atoms with E-state index in [2.05, 4.69) is 22.8 Å². The van der Waals surface area contributed by atoms with Gasteiger partial charge in [-0.25, -0.2) is 0 Å². The van der Waals surface area contributed by atoms with Gasteiger partial charge in [0.1, 0.15) is 0 Å². The number of carbonyl (C=O) groups is 1. The fourth-order valence-corrected chi connectivity index (χ4v) is 5.56. The first kappa shape index (κ1) is 16.3. The zero-order valence-corrected chi connectivity index (χ0v) is 14.6. The Labute approximate surface area is 141 Å². The Kier molecular flexibility index (Phi) is 5.83. The van der Waals surface area contributed by atoms with Gasteiger partial charge < -0.3 is 10.1 Å². The molecule has 0 unspecified atom stereocenters. The van der Waals surface area contributed by atoms with Crippen LogP contribution < -0.4 is 5.32 Å². The van der Waals surface area contributed by atoms with Gasteiger partial charge in [-0.05, 0) is 37.1 Å². The van der Waals surface area contributed by atoms with Crippen molar-refractivity contribution in [3.8, 4) is 0 Å². The van der Waals surface area contributed by atoms with E-state index in [1.807, 2.05) is 11.8 Å². The van der Waals surface area contributed by atoms with Crippen LogP contribution in [-0.4, -0.2) is 36.7 Å². The highest BCUT2D eigenvalue weighted by molar-refractivity contribution is 8.00. The van der Waals surface area contributed by atoms with Crippen LogP contribution in [0.4, 0.5) is 0 Å². The lowest BCUT2D eigenvalue weighted by Gasteiger charge is -2.36. The van der Waals surface area contributed by atoms with Crippen molar-refractivity contribution in [2.75, 3.05) is 25.5 Å². The zero-order valence-electron chi connectivity index (χ0n) is 13.0. The molecule has 1 aromatic rings. The summed E-state index contributed by atoms with van der Waals surface area (Å²) in [5.74, 6) is 0.807. The third kappa shape index (κ3) is 4.06. The largest absolute Gasteiger partial charge is 0.381 e. The maximum absolute atomic E-state index is 12.2. The molecule has 0 radical (unpaired) electrons. The molecule has 1 amide bonds. The Morgan fingerprint density at radius 3 is 2.82 bits per heavy atom. The van der Waals surface area contributed by atoms with E-state index >= 15 is 0 Å². The van der Waals surface area contributed by atoms with Crippen LogP contribution >= 0.6 is 23.1 Å². The monoisotopic (exact) mass is 339 g/mol. The molecule has 1 saturated carbocycles. The number of hydrogen-bond acceptors (Lipinski definition) is 4. The van der Waals surface area contributed by atoms with Crippen molar-refractivity contribution in [2.45, 2.75) is 49.2 Å². The topological polar surface area (TPSA) is 38.3 Å². The molecule has 1 N–H and O–H groups in total. The van der Waals surface area contributed by atoms with Crippen LogP contribution in [0.15, 0.2) is 17.5 Å². The van der Waals surface area contributed by atoms with Crippen LogP contribution in [-0.2, 0) is 14.9 Å². The van der Waals surface area contributed by atoms with Gasteiger partial charge in [-0.15, -0.1) is 23.1 Å². The van der Waals surface area contributed by atoms with Crippen LogP contribution in [0, 0.1) is 0 Å². The first-order valence-electron chi connectivity index (χ1n) is 8.29. The van der Waals surface area contributed by atoms with E-state index in [-0.39, 0.29) is 11.3 Å². The van der Waals surface area contributed by atoms with Gasteiger partial charge in [0.2, 0.25) is 5.91 Å². The third-order valence-corrected chi connectivity index (χ3v) is 7.36. The molecule has 22 heavy (non-hydrogen) atoms. The molecule has 2 heterocycles. The standard InChI is InChI=1S/C17H25NO2S2/c19-16(12-22-14-4-1-2-5-14)18-13-17(7-9-20-10-8-17)15-6-3-11-21-15/h3,6,11,14H,1-2,4-5,7-10,12-13H2,(H,18,19). The summed E-state index contributed by atoms with van der Waals surface area (Å²) in [6, 6.07) is 4.31. The summed E-state index contributed by atoms with van der Waals surface area (Å²) in [7, 11) is 0. The third-order valence-electron chi connectivity index (χ3n) is 4.87. The van der Waals surface area contributed by atoms with Crippen LogP contribution in [0.5, 0.6) is 0 Å². The van der Waals surface area contributed by atoms with Crippen molar-refractivity contribution in [1.29, 1.82) is 0 Å². The molecule has 0 atom stereocenters. The molecule has 1 aliphatic heterocycles. The Morgan fingerprint density at radius 2 is 2.14 bits per heavy atom. The summed E-state index contributed by atoms with van der Waals surface area (Å²) in [4.78, 5) is 13.6. The van der Waals surface area contributed by atoms with Gasteiger partial charge in [-0.3, -0.25) is 4.79 Å². The number of carbonyl (C=O) groups excluding carboxylic acids is 1. The second kappa shape index (κ2) is 7.84. The first-order chi connectivity index (χ1) is 10.8. The summed E-state index contributed by atoms with van der Waals surface area (Å²) < 4.78 is 5.53. The molecule has 1 saturated heterocycles. The lowest BCUT2D eigenvalue weighted by Crippen LogP contribution is -2.44. The molecule has 0 bridgehead atoms. The molecule has 3 rings (SSSR count). The fourth-order valence-electron chi connectivity index (χ4n) is 3.42. The summed E-state index contributed by atoms with van der Waals surface area (Å²) >= 11 is 3.64. The molecular formula is C17H25NO2S2. The normalized spacial score (nSPS) is 21.8. The minimum absolute atomic E-state index is 0.0834. The predicted molar refractivity (Wildman–Crippen MR) is 93.8 cm³/mol.